The molecule has 2 rings (SSSR count). The summed E-state index contributed by atoms with van der Waals surface area (Å²) in [6.07, 6.45) is -4.98. The molecule has 1 atom stereocenters. The van der Waals surface area contributed by atoms with Crippen molar-refractivity contribution in [2.45, 2.75) is 26.1 Å². The van der Waals surface area contributed by atoms with Crippen LogP contribution in [0.25, 0.3) is 0 Å². The van der Waals surface area contributed by atoms with E-state index in [9.17, 15) is 18.0 Å². The van der Waals surface area contributed by atoms with Gasteiger partial charge in [0.15, 0.2) is 5.71 Å². The molecule has 160 valence electrons. The zero-order valence-corrected chi connectivity index (χ0v) is 16.9. The maximum Gasteiger partial charge on any atom is 0.416 e. The zero-order valence-electron chi connectivity index (χ0n) is 16.9. The Labute approximate surface area is 172 Å². The second-order valence-corrected chi connectivity index (χ2v) is 6.29. The molecule has 30 heavy (non-hydrogen) atoms. The third-order valence-electron chi connectivity index (χ3n) is 4.25. The van der Waals surface area contributed by atoms with Crippen molar-refractivity contribution < 1.29 is 27.6 Å². The average molecular weight is 421 g/mol. The third kappa shape index (κ3) is 5.59. The first-order valence-electron chi connectivity index (χ1n) is 8.99. The van der Waals surface area contributed by atoms with Crippen LogP contribution in [0.4, 0.5) is 13.2 Å². The largest absolute Gasteiger partial charge is 0.416 e. The summed E-state index contributed by atoms with van der Waals surface area (Å²) in [4.78, 5) is 22.4. The van der Waals surface area contributed by atoms with E-state index in [1.165, 1.54) is 26.3 Å². The number of carbonyl (C=O) groups excluding carboxylic acids is 1. The summed E-state index contributed by atoms with van der Waals surface area (Å²) >= 11 is 0. The highest BCUT2D eigenvalue weighted by molar-refractivity contribution is 6.46. The van der Waals surface area contributed by atoms with Crippen molar-refractivity contribution in [1.29, 1.82) is 0 Å². The Balaban J connectivity index is 2.26. The summed E-state index contributed by atoms with van der Waals surface area (Å²) in [5.74, 6) is -0.434. The number of hydrogen-bond donors (Lipinski definition) is 1. The molecule has 0 aromatic heterocycles. The number of oxime groups is 2. The molecule has 1 amide bonds. The molecule has 2 aromatic carbocycles. The standard InChI is InChI=1S/C21H22F3N3O3/c1-13(17-7-5-6-8-18(17)19(27-29-4)20(28)25-3)26-30-14(2)15-9-11-16(12-10-15)21(22,23)24/h5-12,14H,1-4H3,(H,25,28)/b26-13+,27-19-/t14-/m0/s1. The van der Waals surface area contributed by atoms with Gasteiger partial charge in [0.1, 0.15) is 13.2 Å². The van der Waals surface area contributed by atoms with Crippen LogP contribution in [-0.2, 0) is 20.6 Å². The smallest absolute Gasteiger partial charge is 0.398 e. The van der Waals surface area contributed by atoms with Crippen molar-refractivity contribution in [1.82, 2.24) is 5.32 Å². The lowest BCUT2D eigenvalue weighted by molar-refractivity contribution is -0.137. The van der Waals surface area contributed by atoms with Gasteiger partial charge >= 0.3 is 6.18 Å². The van der Waals surface area contributed by atoms with Crippen LogP contribution in [-0.4, -0.2) is 31.5 Å². The van der Waals surface area contributed by atoms with Gasteiger partial charge in [0.25, 0.3) is 5.91 Å². The third-order valence-corrected chi connectivity index (χ3v) is 4.25. The van der Waals surface area contributed by atoms with Gasteiger partial charge in [-0.15, -0.1) is 0 Å². The molecule has 0 fully saturated rings. The topological polar surface area (TPSA) is 72.3 Å². The predicted molar refractivity (Wildman–Crippen MR) is 107 cm³/mol. The Kier molecular flexibility index (Phi) is 7.57. The maximum absolute atomic E-state index is 12.7. The van der Waals surface area contributed by atoms with Crippen LogP contribution in [0.1, 0.15) is 42.2 Å². The van der Waals surface area contributed by atoms with E-state index in [0.717, 1.165) is 12.1 Å². The van der Waals surface area contributed by atoms with Crippen molar-refractivity contribution in [2.75, 3.05) is 14.2 Å². The number of benzene rings is 2. The van der Waals surface area contributed by atoms with Crippen LogP contribution in [0.2, 0.25) is 0 Å². The molecule has 1 N–H and O–H groups in total. The van der Waals surface area contributed by atoms with Gasteiger partial charge in [0.2, 0.25) is 0 Å². The lowest BCUT2D eigenvalue weighted by Gasteiger charge is -2.14. The van der Waals surface area contributed by atoms with Crippen molar-refractivity contribution in [3.05, 3.63) is 70.8 Å². The molecular formula is C21H22F3N3O3. The lowest BCUT2D eigenvalue weighted by atomic mass is 9.99. The van der Waals surface area contributed by atoms with Crippen molar-refractivity contribution in [3.8, 4) is 0 Å². The maximum atomic E-state index is 12.7. The second-order valence-electron chi connectivity index (χ2n) is 6.29. The minimum atomic E-state index is -4.40. The number of amides is 1. The van der Waals surface area contributed by atoms with Gasteiger partial charge in [-0.05, 0) is 31.5 Å². The lowest BCUT2D eigenvalue weighted by Crippen LogP contribution is -2.29. The number of rotatable bonds is 7. The Morgan fingerprint density at radius 3 is 2.17 bits per heavy atom. The molecule has 0 radical (unpaired) electrons. The van der Waals surface area contributed by atoms with E-state index in [-0.39, 0.29) is 5.71 Å². The summed E-state index contributed by atoms with van der Waals surface area (Å²) < 4.78 is 38.1. The van der Waals surface area contributed by atoms with E-state index in [1.54, 1.807) is 38.1 Å². The van der Waals surface area contributed by atoms with E-state index in [2.05, 4.69) is 15.6 Å². The van der Waals surface area contributed by atoms with Gasteiger partial charge < -0.3 is 15.0 Å². The van der Waals surface area contributed by atoms with Crippen LogP contribution in [0.15, 0.2) is 58.8 Å². The summed E-state index contributed by atoms with van der Waals surface area (Å²) in [6.45, 7) is 3.36. The molecule has 2 aromatic rings. The number of hydrogen-bond acceptors (Lipinski definition) is 5. The second kappa shape index (κ2) is 9.91. The Bertz CT molecular complexity index is 939. The molecule has 0 aliphatic heterocycles. The highest BCUT2D eigenvalue weighted by Gasteiger charge is 2.30. The van der Waals surface area contributed by atoms with Crippen LogP contribution >= 0.6 is 0 Å². The van der Waals surface area contributed by atoms with Gasteiger partial charge in [-0.3, -0.25) is 4.79 Å². The SMILES string of the molecule is CNC(=O)/C(=N\OC)c1ccccc1/C(C)=N/O[C@@H](C)c1ccc(C(F)(F)F)cc1. The van der Waals surface area contributed by atoms with Crippen LogP contribution < -0.4 is 5.32 Å². The van der Waals surface area contributed by atoms with Crippen molar-refractivity contribution >= 4 is 17.3 Å². The molecule has 0 spiro atoms. The summed E-state index contributed by atoms with van der Waals surface area (Å²) in [6, 6.07) is 11.6. The number of carbonyl (C=O) groups is 1. The minimum absolute atomic E-state index is 0.0703. The normalized spacial score (nSPS) is 13.6. The van der Waals surface area contributed by atoms with E-state index in [1.807, 2.05) is 0 Å². The highest BCUT2D eigenvalue weighted by atomic mass is 19.4. The van der Waals surface area contributed by atoms with Crippen LogP contribution in [0.5, 0.6) is 0 Å². The highest BCUT2D eigenvalue weighted by Crippen LogP contribution is 2.30. The number of likely N-dealkylation sites (N-methyl/N-ethyl adjacent to an activating group) is 1. The van der Waals surface area contributed by atoms with E-state index in [4.69, 9.17) is 9.68 Å². The van der Waals surface area contributed by atoms with Gasteiger partial charge in [0.05, 0.1) is 11.3 Å². The number of halogens is 3. The van der Waals surface area contributed by atoms with Gasteiger partial charge in [-0.1, -0.05) is 46.7 Å². The minimum Gasteiger partial charge on any atom is -0.398 e. The molecule has 0 aliphatic carbocycles. The fraction of sp³-hybridized carbons (Fsp3) is 0.286. The molecule has 0 aliphatic rings. The predicted octanol–water partition coefficient (Wildman–Crippen LogP) is 4.30. The summed E-state index contributed by atoms with van der Waals surface area (Å²) in [7, 11) is 2.81. The Hall–Kier alpha value is -3.36. The number of nitrogens with zero attached hydrogens (tertiary/aromatic N) is 2. The number of nitrogens with one attached hydrogen (secondary N) is 1. The molecule has 0 bridgehead atoms. The fourth-order valence-corrected chi connectivity index (χ4v) is 2.64. The molecular weight excluding hydrogens is 399 g/mol. The molecule has 0 saturated heterocycles. The first-order chi connectivity index (χ1) is 14.2. The van der Waals surface area contributed by atoms with Gasteiger partial charge in [0, 0.05) is 18.2 Å². The molecule has 0 unspecified atom stereocenters. The Morgan fingerprint density at radius 2 is 1.63 bits per heavy atom. The van der Waals surface area contributed by atoms with E-state index in [0.29, 0.717) is 22.4 Å². The van der Waals surface area contributed by atoms with E-state index < -0.39 is 23.8 Å². The first-order valence-corrected chi connectivity index (χ1v) is 8.99. The molecule has 6 nitrogen and oxygen atoms in total. The van der Waals surface area contributed by atoms with E-state index >= 15 is 0 Å². The molecule has 0 saturated carbocycles. The van der Waals surface area contributed by atoms with Crippen molar-refractivity contribution in [3.63, 3.8) is 0 Å². The monoisotopic (exact) mass is 421 g/mol. The summed E-state index contributed by atoms with van der Waals surface area (Å²) in [5.41, 5.74) is 1.42. The average Bonchev–Trinajstić information content (AvgIpc) is 2.74. The van der Waals surface area contributed by atoms with Gasteiger partial charge in [-0.25, -0.2) is 0 Å². The van der Waals surface area contributed by atoms with Crippen LogP contribution in [0, 0.1) is 0 Å². The van der Waals surface area contributed by atoms with Crippen molar-refractivity contribution in [2.24, 2.45) is 10.3 Å². The van der Waals surface area contributed by atoms with Crippen LogP contribution in [0.3, 0.4) is 0 Å². The molecule has 0 heterocycles. The zero-order chi connectivity index (χ0) is 22.3. The fourth-order valence-electron chi connectivity index (χ4n) is 2.64. The quantitative estimate of drug-likeness (QED) is 0.535. The summed E-state index contributed by atoms with van der Waals surface area (Å²) in [5, 5.41) is 10.4. The van der Waals surface area contributed by atoms with Gasteiger partial charge in [-0.2, -0.15) is 13.2 Å². The Morgan fingerprint density at radius 1 is 1.03 bits per heavy atom. The first kappa shape index (κ1) is 22.9. The molecule has 9 heteroatoms. The number of alkyl halides is 3.